The van der Waals surface area contributed by atoms with Crippen LogP contribution in [-0.2, 0) is 13.1 Å². The maximum absolute atomic E-state index is 13.8. The summed E-state index contributed by atoms with van der Waals surface area (Å²) < 4.78 is 89.1. The summed E-state index contributed by atoms with van der Waals surface area (Å²) in [5, 5.41) is 9.04. The van der Waals surface area contributed by atoms with Crippen molar-refractivity contribution < 1.29 is 26.3 Å². The number of hydrogen-bond acceptors (Lipinski definition) is 8. The van der Waals surface area contributed by atoms with Gasteiger partial charge < -0.3 is 0 Å². The highest BCUT2D eigenvalue weighted by molar-refractivity contribution is 5.68. The standard InChI is InChI=1S/2C24H21F3N6/c2*1-14-8-16(11-28-23(14)32-12-15(2)29-13-32)5-6-21-30-24-18(4-3-7-33(24)31-21)17-9-19(25)22(27)20(26)10-17/h2*5-6,8-13,18H,3-4,7H2,1-2H3/b2*6-5+/t2*18-/m10/s1. The number of aryl methyl sites for hydroxylation is 6. The molecule has 0 bridgehead atoms. The lowest BCUT2D eigenvalue weighted by Gasteiger charge is -2.22. The largest absolute Gasteiger partial charge is 0.290 e. The zero-order valence-electron chi connectivity index (χ0n) is 36.3. The topological polar surface area (TPSA) is 123 Å². The van der Waals surface area contributed by atoms with Crippen LogP contribution in [0, 0.1) is 62.6 Å². The van der Waals surface area contributed by atoms with Gasteiger partial charge in [-0.15, -0.1) is 0 Å². The van der Waals surface area contributed by atoms with Crippen LogP contribution in [0.1, 0.15) is 106 Å². The summed E-state index contributed by atoms with van der Waals surface area (Å²) in [6.45, 7) is 9.14. The van der Waals surface area contributed by atoms with Crippen LogP contribution >= 0.6 is 0 Å². The van der Waals surface area contributed by atoms with Crippen LogP contribution < -0.4 is 0 Å². The third-order valence-electron chi connectivity index (χ3n) is 11.5. The van der Waals surface area contributed by atoms with Crippen molar-refractivity contribution in [2.75, 3.05) is 0 Å². The van der Waals surface area contributed by atoms with Crippen molar-refractivity contribution >= 4 is 24.3 Å². The van der Waals surface area contributed by atoms with Gasteiger partial charge in [-0.1, -0.05) is 0 Å². The molecule has 0 amide bonds. The van der Waals surface area contributed by atoms with E-state index in [0.717, 1.165) is 82.4 Å². The first-order chi connectivity index (χ1) is 31.8. The van der Waals surface area contributed by atoms with Gasteiger partial charge in [-0.2, -0.15) is 10.2 Å². The van der Waals surface area contributed by atoms with Crippen LogP contribution in [-0.4, -0.2) is 58.6 Å². The number of aromatic nitrogens is 12. The Hall–Kier alpha value is -7.50. The number of pyridine rings is 2. The number of imidazole rings is 2. The van der Waals surface area contributed by atoms with Crippen LogP contribution in [0.15, 0.2) is 73.8 Å². The van der Waals surface area contributed by atoms with E-state index in [0.29, 0.717) is 60.4 Å². The van der Waals surface area contributed by atoms with Gasteiger partial charge in [0.25, 0.3) is 0 Å². The molecule has 18 heteroatoms. The molecule has 2 aliphatic heterocycles. The van der Waals surface area contributed by atoms with E-state index >= 15 is 0 Å². The van der Waals surface area contributed by atoms with Crippen molar-refractivity contribution in [2.24, 2.45) is 0 Å². The molecule has 8 heterocycles. The van der Waals surface area contributed by atoms with Gasteiger partial charge in [0.2, 0.25) is 0 Å². The van der Waals surface area contributed by atoms with Crippen LogP contribution in [0.4, 0.5) is 26.3 Å². The van der Waals surface area contributed by atoms with Gasteiger partial charge in [-0.25, -0.2) is 65.6 Å². The monoisotopic (exact) mass is 900 g/mol. The van der Waals surface area contributed by atoms with E-state index in [1.165, 1.54) is 0 Å². The summed E-state index contributed by atoms with van der Waals surface area (Å²) in [6.07, 6.45) is 21.0. The minimum absolute atomic E-state index is 0.347. The molecule has 0 fully saturated rings. The third-order valence-corrected chi connectivity index (χ3v) is 11.5. The highest BCUT2D eigenvalue weighted by atomic mass is 19.2. The second-order valence-corrected chi connectivity index (χ2v) is 16.4. The average Bonchev–Trinajstić information content (AvgIpc) is 4.12. The molecule has 0 radical (unpaired) electrons. The molecular formula is C48H42F6N12. The minimum atomic E-state index is -1.46. The summed E-state index contributed by atoms with van der Waals surface area (Å²) in [5.74, 6) is -4.56. The van der Waals surface area contributed by atoms with Gasteiger partial charge in [-0.3, -0.25) is 9.13 Å². The Morgan fingerprint density at radius 1 is 0.515 bits per heavy atom. The minimum Gasteiger partial charge on any atom is -0.290 e. The number of fused-ring (bicyclic) bond motifs is 2. The highest BCUT2D eigenvalue weighted by Gasteiger charge is 2.29. The van der Waals surface area contributed by atoms with Gasteiger partial charge in [0.15, 0.2) is 46.6 Å². The molecule has 0 N–H and O–H groups in total. The Kier molecular flexibility index (Phi) is 12.0. The van der Waals surface area contributed by atoms with Crippen molar-refractivity contribution in [3.05, 3.63) is 177 Å². The molecule has 2 atom stereocenters. The van der Waals surface area contributed by atoms with E-state index in [4.69, 9.17) is 0 Å². The zero-order chi connectivity index (χ0) is 46.2. The lowest BCUT2D eigenvalue weighted by molar-refractivity contribution is 0.427. The van der Waals surface area contributed by atoms with Gasteiger partial charge in [-0.05, 0) is 147 Å². The quantitative estimate of drug-likeness (QED) is 0.109. The predicted octanol–water partition coefficient (Wildman–Crippen LogP) is 9.98. The van der Waals surface area contributed by atoms with E-state index in [2.05, 4.69) is 40.1 Å². The molecule has 2 aromatic carbocycles. The van der Waals surface area contributed by atoms with E-state index in [1.54, 1.807) is 46.6 Å². The van der Waals surface area contributed by atoms with Gasteiger partial charge in [0, 0.05) is 49.7 Å². The van der Waals surface area contributed by atoms with Gasteiger partial charge in [0.05, 0.1) is 11.4 Å². The average molecular weight is 901 g/mol. The number of halogens is 6. The number of nitrogens with zero attached hydrogens (tertiary/aromatic N) is 12. The number of rotatable bonds is 8. The van der Waals surface area contributed by atoms with E-state index < -0.39 is 34.9 Å². The Morgan fingerprint density at radius 2 is 0.909 bits per heavy atom. The van der Waals surface area contributed by atoms with Gasteiger partial charge >= 0.3 is 0 Å². The fourth-order valence-electron chi connectivity index (χ4n) is 8.38. The highest BCUT2D eigenvalue weighted by Crippen LogP contribution is 2.35. The Morgan fingerprint density at radius 3 is 1.26 bits per heavy atom. The van der Waals surface area contributed by atoms with E-state index in [-0.39, 0.29) is 11.8 Å². The van der Waals surface area contributed by atoms with Crippen molar-refractivity contribution in [1.29, 1.82) is 0 Å². The number of benzene rings is 2. The lowest BCUT2D eigenvalue weighted by Crippen LogP contribution is -2.18. The third kappa shape index (κ3) is 9.07. The first kappa shape index (κ1) is 43.7. The molecule has 336 valence electrons. The molecule has 0 spiro atoms. The van der Waals surface area contributed by atoms with Crippen LogP contribution in [0.25, 0.3) is 35.9 Å². The molecule has 0 unspecified atom stereocenters. The molecule has 0 aliphatic carbocycles. The van der Waals surface area contributed by atoms with Gasteiger partial charge in [0.1, 0.15) is 35.9 Å². The molecule has 2 aliphatic rings. The summed E-state index contributed by atoms with van der Waals surface area (Å²) in [7, 11) is 0. The molecular weight excluding hydrogens is 859 g/mol. The fraction of sp³-hybridized carbons (Fsp3) is 0.250. The van der Waals surface area contributed by atoms with E-state index in [1.807, 2.05) is 73.5 Å². The fourth-order valence-corrected chi connectivity index (χ4v) is 8.38. The van der Waals surface area contributed by atoms with Crippen molar-refractivity contribution in [3.8, 4) is 11.6 Å². The lowest BCUT2D eigenvalue weighted by atomic mass is 9.91. The predicted molar refractivity (Wildman–Crippen MR) is 234 cm³/mol. The Balaban J connectivity index is 0.000000166. The maximum Gasteiger partial charge on any atom is 0.194 e. The Bertz CT molecular complexity index is 2900. The SMILES string of the molecule is Cc1cn(-c2ncc(/C=C/c3nc4n(n3)CCC[C@@H]4c3cc(F)c(F)c(F)c3)cc2C)cn1.Cc1cn(-c2ncc(/C=C/c3nc4n(n3)CCC[C@H]4c3cc(F)c(F)c(F)c3)cc2C)cn1. The first-order valence-corrected chi connectivity index (χ1v) is 21.3. The second-order valence-electron chi connectivity index (χ2n) is 16.4. The molecule has 66 heavy (non-hydrogen) atoms. The second kappa shape index (κ2) is 18.2. The molecule has 0 saturated carbocycles. The molecule has 6 aromatic heterocycles. The molecule has 8 aromatic rings. The summed E-state index contributed by atoms with van der Waals surface area (Å²) in [4.78, 5) is 26.7. The van der Waals surface area contributed by atoms with E-state index in [9.17, 15) is 26.3 Å². The first-order valence-electron chi connectivity index (χ1n) is 21.3. The summed E-state index contributed by atoms with van der Waals surface area (Å²) >= 11 is 0. The summed E-state index contributed by atoms with van der Waals surface area (Å²) in [6, 6.07) is 8.19. The molecule has 10 rings (SSSR count). The normalized spacial score (nSPS) is 15.8. The van der Waals surface area contributed by atoms with Crippen LogP contribution in [0.2, 0.25) is 0 Å². The van der Waals surface area contributed by atoms with Crippen LogP contribution in [0.3, 0.4) is 0 Å². The Labute approximate surface area is 375 Å². The van der Waals surface area contributed by atoms with Crippen molar-refractivity contribution in [2.45, 2.75) is 78.3 Å². The summed E-state index contributed by atoms with van der Waals surface area (Å²) in [5.41, 5.74) is 6.32. The number of hydrogen-bond donors (Lipinski definition) is 0. The smallest absolute Gasteiger partial charge is 0.194 e. The van der Waals surface area contributed by atoms with Crippen molar-refractivity contribution in [1.82, 2.24) is 58.6 Å². The zero-order valence-corrected chi connectivity index (χ0v) is 36.3. The van der Waals surface area contributed by atoms with Crippen molar-refractivity contribution in [3.63, 3.8) is 0 Å². The van der Waals surface area contributed by atoms with Crippen LogP contribution in [0.5, 0.6) is 0 Å². The molecule has 12 nitrogen and oxygen atoms in total. The maximum atomic E-state index is 13.8. The molecule has 0 saturated heterocycles.